The highest BCUT2D eigenvalue weighted by Gasteiger charge is 2.52. The number of allylic oxidation sites excluding steroid dienone is 2. The third kappa shape index (κ3) is 0.758. The predicted molar refractivity (Wildman–Crippen MR) is 48.3 cm³/mol. The van der Waals surface area contributed by atoms with Crippen molar-refractivity contribution in [2.75, 3.05) is 0 Å². The monoisotopic (exact) mass is 150 g/mol. The first-order valence-electron chi connectivity index (χ1n) is 4.72. The van der Waals surface area contributed by atoms with Gasteiger partial charge in [0.15, 0.2) is 0 Å². The Morgan fingerprint density at radius 2 is 2.09 bits per heavy atom. The van der Waals surface area contributed by atoms with Crippen LogP contribution in [0.25, 0.3) is 0 Å². The lowest BCUT2D eigenvalue weighted by Crippen LogP contribution is -2.50. The van der Waals surface area contributed by atoms with Crippen LogP contribution in [0.5, 0.6) is 0 Å². The van der Waals surface area contributed by atoms with Crippen LogP contribution in [-0.4, -0.2) is 0 Å². The van der Waals surface area contributed by atoms with Crippen LogP contribution in [0.4, 0.5) is 0 Å². The Balaban J connectivity index is 2.34. The zero-order valence-corrected chi connectivity index (χ0v) is 8.02. The highest BCUT2D eigenvalue weighted by molar-refractivity contribution is 5.23. The summed E-state index contributed by atoms with van der Waals surface area (Å²) in [6, 6.07) is 0. The van der Waals surface area contributed by atoms with Gasteiger partial charge in [0.25, 0.3) is 0 Å². The average molecular weight is 150 g/mol. The van der Waals surface area contributed by atoms with E-state index in [2.05, 4.69) is 33.8 Å². The molecule has 0 N–H and O–H groups in total. The maximum Gasteiger partial charge on any atom is -0.0149 e. The largest absolute Gasteiger partial charge is 0.0822 e. The number of hydrogen-bond donors (Lipinski definition) is 0. The lowest BCUT2D eigenvalue weighted by atomic mass is 9.46. The van der Waals surface area contributed by atoms with Gasteiger partial charge in [0.05, 0.1) is 0 Å². The van der Waals surface area contributed by atoms with Crippen molar-refractivity contribution >= 4 is 0 Å². The Kier molecular flexibility index (Phi) is 1.28. The van der Waals surface area contributed by atoms with Crippen molar-refractivity contribution in [2.24, 2.45) is 23.2 Å². The van der Waals surface area contributed by atoms with Crippen LogP contribution in [0.3, 0.4) is 0 Å². The highest BCUT2D eigenvalue weighted by Crippen LogP contribution is 2.60. The van der Waals surface area contributed by atoms with Crippen LogP contribution in [0, 0.1) is 23.2 Å². The van der Waals surface area contributed by atoms with Gasteiger partial charge in [-0.2, -0.15) is 0 Å². The third-order valence-corrected chi connectivity index (χ3v) is 4.05. The van der Waals surface area contributed by atoms with E-state index in [9.17, 15) is 0 Å². The summed E-state index contributed by atoms with van der Waals surface area (Å²) in [5.74, 6) is 2.70. The van der Waals surface area contributed by atoms with E-state index in [1.54, 1.807) is 5.57 Å². The van der Waals surface area contributed by atoms with Crippen molar-refractivity contribution in [1.29, 1.82) is 0 Å². The SMILES string of the molecule is CC1=CC(C)[C@H]2C[C@@H]1C2(C)C. The van der Waals surface area contributed by atoms with Gasteiger partial charge in [-0.25, -0.2) is 0 Å². The molecule has 0 aromatic rings. The van der Waals surface area contributed by atoms with Crippen LogP contribution in [0.15, 0.2) is 11.6 Å². The van der Waals surface area contributed by atoms with Crippen LogP contribution < -0.4 is 0 Å². The molecule has 3 rings (SSSR count). The van der Waals surface area contributed by atoms with E-state index in [0.717, 1.165) is 17.8 Å². The topological polar surface area (TPSA) is 0 Å². The van der Waals surface area contributed by atoms with E-state index in [1.165, 1.54) is 6.42 Å². The normalized spacial score (nSPS) is 46.2. The van der Waals surface area contributed by atoms with E-state index in [4.69, 9.17) is 0 Å². The van der Waals surface area contributed by atoms with E-state index < -0.39 is 0 Å². The van der Waals surface area contributed by atoms with Gasteiger partial charge < -0.3 is 0 Å². The third-order valence-electron chi connectivity index (χ3n) is 4.05. The molecule has 0 nitrogen and oxygen atoms in total. The standard InChI is InChI=1S/C11H18/c1-7-5-8(2)10-6-9(7)11(10,3)4/h5,7,9-10H,6H2,1-4H3/t7?,9-,10+/m1/s1. The van der Waals surface area contributed by atoms with Crippen molar-refractivity contribution in [3.63, 3.8) is 0 Å². The van der Waals surface area contributed by atoms with Crippen LogP contribution in [0.1, 0.15) is 34.1 Å². The molecule has 1 fully saturated rings. The van der Waals surface area contributed by atoms with Crippen molar-refractivity contribution in [3.8, 4) is 0 Å². The lowest BCUT2D eigenvalue weighted by molar-refractivity contribution is -0.0343. The van der Waals surface area contributed by atoms with Gasteiger partial charge >= 0.3 is 0 Å². The van der Waals surface area contributed by atoms with E-state index in [0.29, 0.717) is 5.41 Å². The summed E-state index contributed by atoms with van der Waals surface area (Å²) in [6.45, 7) is 9.53. The summed E-state index contributed by atoms with van der Waals surface area (Å²) >= 11 is 0. The molecule has 1 saturated carbocycles. The van der Waals surface area contributed by atoms with Gasteiger partial charge in [0.2, 0.25) is 0 Å². The second-order valence-corrected chi connectivity index (χ2v) is 4.99. The van der Waals surface area contributed by atoms with E-state index in [1.807, 2.05) is 0 Å². The minimum Gasteiger partial charge on any atom is -0.0822 e. The first-order valence-corrected chi connectivity index (χ1v) is 4.72. The molecule has 2 bridgehead atoms. The maximum absolute atomic E-state index is 2.48. The molecule has 3 atom stereocenters. The Morgan fingerprint density at radius 3 is 2.45 bits per heavy atom. The molecular weight excluding hydrogens is 132 g/mol. The molecule has 0 aliphatic heterocycles. The second-order valence-electron chi connectivity index (χ2n) is 4.99. The molecule has 0 saturated heterocycles. The summed E-state index contributed by atoms with van der Waals surface area (Å²) in [4.78, 5) is 0. The summed E-state index contributed by atoms with van der Waals surface area (Å²) in [7, 11) is 0. The van der Waals surface area contributed by atoms with E-state index >= 15 is 0 Å². The Morgan fingerprint density at radius 1 is 1.45 bits per heavy atom. The molecule has 0 heteroatoms. The number of hydrogen-bond acceptors (Lipinski definition) is 0. The molecule has 0 spiro atoms. The average Bonchev–Trinajstić information content (AvgIpc) is 1.84. The van der Waals surface area contributed by atoms with Crippen molar-refractivity contribution in [2.45, 2.75) is 34.1 Å². The molecule has 0 amide bonds. The molecule has 0 aromatic heterocycles. The molecule has 11 heavy (non-hydrogen) atoms. The Hall–Kier alpha value is -0.260. The fraction of sp³-hybridized carbons (Fsp3) is 0.818. The minimum absolute atomic E-state index is 0.609. The summed E-state index contributed by atoms with van der Waals surface area (Å²) in [5.41, 5.74) is 2.25. The maximum atomic E-state index is 2.48. The molecule has 0 aromatic carbocycles. The van der Waals surface area contributed by atoms with Crippen molar-refractivity contribution in [1.82, 2.24) is 0 Å². The van der Waals surface area contributed by atoms with Crippen molar-refractivity contribution < 1.29 is 0 Å². The quantitative estimate of drug-likeness (QED) is 0.465. The van der Waals surface area contributed by atoms with Gasteiger partial charge in [0.1, 0.15) is 0 Å². The molecule has 1 unspecified atom stereocenters. The molecule has 0 heterocycles. The van der Waals surface area contributed by atoms with Gasteiger partial charge in [-0.15, -0.1) is 0 Å². The first-order chi connectivity index (χ1) is 5.03. The Bertz CT molecular complexity index is 210. The van der Waals surface area contributed by atoms with Gasteiger partial charge in [-0.1, -0.05) is 32.4 Å². The highest BCUT2D eigenvalue weighted by atomic mass is 14.6. The molecular formula is C11H18. The zero-order chi connectivity index (χ0) is 8.22. The predicted octanol–water partition coefficient (Wildman–Crippen LogP) is 3.24. The second kappa shape index (κ2) is 1.91. The zero-order valence-electron chi connectivity index (χ0n) is 8.02. The number of fused-ring (bicyclic) bond motifs is 1. The molecule has 3 aliphatic carbocycles. The van der Waals surface area contributed by atoms with Gasteiger partial charge in [-0.3, -0.25) is 0 Å². The number of rotatable bonds is 0. The van der Waals surface area contributed by atoms with E-state index in [-0.39, 0.29) is 0 Å². The van der Waals surface area contributed by atoms with Crippen LogP contribution in [-0.2, 0) is 0 Å². The fourth-order valence-electron chi connectivity index (χ4n) is 3.27. The van der Waals surface area contributed by atoms with Crippen LogP contribution in [0.2, 0.25) is 0 Å². The lowest BCUT2D eigenvalue weighted by Gasteiger charge is -2.58. The molecule has 3 aliphatic rings. The summed E-state index contributed by atoms with van der Waals surface area (Å²) in [5, 5.41) is 0. The minimum atomic E-state index is 0.609. The van der Waals surface area contributed by atoms with Gasteiger partial charge in [-0.05, 0) is 36.5 Å². The molecule has 0 radical (unpaired) electrons. The molecule has 62 valence electrons. The summed E-state index contributed by atoms with van der Waals surface area (Å²) < 4.78 is 0. The Labute approximate surface area is 69.7 Å². The van der Waals surface area contributed by atoms with Crippen LogP contribution >= 0.6 is 0 Å². The smallest absolute Gasteiger partial charge is 0.0149 e. The fourth-order valence-corrected chi connectivity index (χ4v) is 3.27. The van der Waals surface area contributed by atoms with Crippen molar-refractivity contribution in [3.05, 3.63) is 11.6 Å². The first kappa shape index (κ1) is 7.39. The summed E-state index contributed by atoms with van der Waals surface area (Å²) in [6.07, 6.45) is 3.93. The van der Waals surface area contributed by atoms with Gasteiger partial charge in [0, 0.05) is 0 Å².